The summed E-state index contributed by atoms with van der Waals surface area (Å²) in [6.07, 6.45) is 20.6. The average Bonchev–Trinajstić information content (AvgIpc) is 3.31. The van der Waals surface area contributed by atoms with Gasteiger partial charge in [0.15, 0.2) is 5.78 Å². The molecule has 6 N–H and O–H groups in total. The van der Waals surface area contributed by atoms with Crippen LogP contribution in [0.25, 0.3) is 0 Å². The summed E-state index contributed by atoms with van der Waals surface area (Å²) in [7, 11) is 0. The highest BCUT2D eigenvalue weighted by Crippen LogP contribution is 2.21. The Morgan fingerprint density at radius 1 is 0.514 bits per heavy atom. The Kier molecular flexibility index (Phi) is 46.7. The Bertz CT molecular complexity index is 1520. The van der Waals surface area contributed by atoms with Gasteiger partial charge in [-0.2, -0.15) is 0 Å². The SMILES string of the molecule is CCCC(=O)CC[C@H](CC(=O)CCCCCCCCCCCCCCCCC(=O)O)C(=O)O.CCOCCOCC(=O)NCCOCCOCC(=O)NCCCC[C@H](CC(=O)C(C)(C)N)C(=O)CCC(C)=O.[HH].[HH].[HH]. The van der Waals surface area contributed by atoms with E-state index >= 15 is 0 Å². The maximum Gasteiger partial charge on any atom is 0.306 e. The number of ether oxygens (including phenoxy) is 4. The molecule has 18 nitrogen and oxygen atoms in total. The molecule has 0 spiro atoms. The van der Waals surface area contributed by atoms with Crippen molar-refractivity contribution in [3.63, 3.8) is 0 Å². The molecule has 0 heterocycles. The fraction of sp³-hybridized carbons (Fsp3) is 0.833. The van der Waals surface area contributed by atoms with Crippen molar-refractivity contribution < 1.29 is 76.6 Å². The number of rotatable bonds is 51. The molecule has 72 heavy (non-hydrogen) atoms. The first-order valence-corrected chi connectivity index (χ1v) is 27.0. The van der Waals surface area contributed by atoms with Crippen molar-refractivity contribution in [1.29, 1.82) is 0 Å². The Morgan fingerprint density at radius 2 is 1.01 bits per heavy atom. The monoisotopic (exact) mass is 1030 g/mol. The van der Waals surface area contributed by atoms with Crippen molar-refractivity contribution in [2.75, 3.05) is 65.9 Å². The molecule has 18 heteroatoms. The highest BCUT2D eigenvalue weighted by Gasteiger charge is 2.28. The number of aliphatic carboxylic acids is 2. The van der Waals surface area contributed by atoms with Gasteiger partial charge in [-0.05, 0) is 66.2 Å². The number of Topliss-reactive ketones (excluding diaryl/α,β-unsaturated/α-hetero) is 5. The van der Waals surface area contributed by atoms with E-state index in [0.717, 1.165) is 44.9 Å². The normalized spacial score (nSPS) is 12.0. The van der Waals surface area contributed by atoms with Crippen LogP contribution in [0.2, 0.25) is 0 Å². The summed E-state index contributed by atoms with van der Waals surface area (Å²) in [6, 6.07) is 0. The molecular weight excluding hydrogens is 931 g/mol. The molecule has 0 bridgehead atoms. The summed E-state index contributed by atoms with van der Waals surface area (Å²) in [5, 5.41) is 23.3. The van der Waals surface area contributed by atoms with Gasteiger partial charge in [0.05, 0.1) is 44.5 Å². The van der Waals surface area contributed by atoms with Crippen molar-refractivity contribution in [3.05, 3.63) is 0 Å². The fourth-order valence-electron chi connectivity index (χ4n) is 7.44. The van der Waals surface area contributed by atoms with Crippen LogP contribution in [-0.2, 0) is 62.1 Å². The lowest BCUT2D eigenvalue weighted by molar-refractivity contribution is -0.144. The van der Waals surface area contributed by atoms with Crippen LogP contribution in [0.5, 0.6) is 0 Å². The molecule has 2 amide bonds. The number of carboxylic acids is 2. The molecule has 0 fully saturated rings. The predicted molar refractivity (Wildman–Crippen MR) is 283 cm³/mol. The van der Waals surface area contributed by atoms with Gasteiger partial charge in [-0.25, -0.2) is 0 Å². The van der Waals surface area contributed by atoms with Crippen molar-refractivity contribution >= 4 is 52.7 Å². The fourth-order valence-corrected chi connectivity index (χ4v) is 7.44. The van der Waals surface area contributed by atoms with Gasteiger partial charge in [-0.3, -0.25) is 38.4 Å². The summed E-state index contributed by atoms with van der Waals surface area (Å²) >= 11 is 0. The zero-order valence-corrected chi connectivity index (χ0v) is 45.1. The molecule has 0 aliphatic heterocycles. The molecule has 0 radical (unpaired) electrons. The highest BCUT2D eigenvalue weighted by molar-refractivity contribution is 5.93. The third-order valence-corrected chi connectivity index (χ3v) is 11.8. The van der Waals surface area contributed by atoms with Crippen LogP contribution in [0, 0.1) is 11.8 Å². The van der Waals surface area contributed by atoms with Crippen LogP contribution in [-0.4, -0.2) is 134 Å². The number of ketones is 5. The van der Waals surface area contributed by atoms with Crippen molar-refractivity contribution in [3.8, 4) is 0 Å². The van der Waals surface area contributed by atoms with Gasteiger partial charge in [0, 0.05) is 81.3 Å². The van der Waals surface area contributed by atoms with Crippen molar-refractivity contribution in [2.24, 2.45) is 17.6 Å². The summed E-state index contributed by atoms with van der Waals surface area (Å²) < 4.78 is 20.9. The number of unbranched alkanes of at least 4 members (excludes halogenated alkanes) is 14. The second-order valence-electron chi connectivity index (χ2n) is 19.3. The summed E-state index contributed by atoms with van der Waals surface area (Å²) in [5.41, 5.74) is 4.85. The molecule has 2 atom stereocenters. The largest absolute Gasteiger partial charge is 0.481 e. The maximum absolute atomic E-state index is 12.5. The minimum absolute atomic E-state index is 0. The first kappa shape index (κ1) is 70.1. The molecule has 0 aromatic carbocycles. The molecule has 0 aliphatic rings. The molecule has 424 valence electrons. The number of amides is 2. The Hall–Kier alpha value is -3.97. The number of carbonyl (C=O) groups is 9. The third-order valence-electron chi connectivity index (χ3n) is 11.8. The van der Waals surface area contributed by atoms with Crippen LogP contribution in [0.4, 0.5) is 0 Å². The zero-order valence-electron chi connectivity index (χ0n) is 45.1. The summed E-state index contributed by atoms with van der Waals surface area (Å²) in [4.78, 5) is 105. The topological polar surface area (TPSA) is 281 Å². The number of hydrogen-bond acceptors (Lipinski definition) is 14. The third kappa shape index (κ3) is 48.3. The van der Waals surface area contributed by atoms with Gasteiger partial charge < -0.3 is 50.3 Å². The van der Waals surface area contributed by atoms with Crippen LogP contribution in [0.15, 0.2) is 0 Å². The number of carboxylic acid groups (broad SMARTS) is 2. The second-order valence-corrected chi connectivity index (χ2v) is 19.3. The minimum atomic E-state index is -1.02. The Labute approximate surface area is 435 Å². The van der Waals surface area contributed by atoms with E-state index in [1.165, 1.54) is 58.3 Å². The quantitative estimate of drug-likeness (QED) is 0.0357. The van der Waals surface area contributed by atoms with Gasteiger partial charge in [0.25, 0.3) is 0 Å². The van der Waals surface area contributed by atoms with E-state index in [9.17, 15) is 48.3 Å². The molecule has 0 aromatic heterocycles. The van der Waals surface area contributed by atoms with Crippen LogP contribution in [0.3, 0.4) is 0 Å². The molecule has 0 unspecified atom stereocenters. The molecular formula is C54H103N3O15. The highest BCUT2D eigenvalue weighted by atomic mass is 16.5. The van der Waals surface area contributed by atoms with Gasteiger partial charge in [-0.15, -0.1) is 0 Å². The smallest absolute Gasteiger partial charge is 0.306 e. The summed E-state index contributed by atoms with van der Waals surface area (Å²) in [6.45, 7) is 11.3. The standard InChI is InChI=1S/C27H49N3O9.C27H48O6.3H2/c1-5-36-14-16-38-20-26(35)30-12-13-37-15-17-39-19-25(34)29-11-7-6-8-22(18-24(33)27(3,4)28)23(32)10-9-21(2)31;1-2-17-24(28)21-20-23(27(32)33)22-25(29)18-15-13-11-9-7-5-3-4-6-8-10-12-14-16-19-26(30)31;;;/h22H,5-20,28H2,1-4H3,(H,29,34)(H,30,35);23H,2-22H2,1H3,(H,30,31)(H,32,33);3*1H/t22-;23-;;;/m11.../s1. The Balaban J connectivity index is -0.000000424. The molecule has 0 rings (SSSR count). The van der Waals surface area contributed by atoms with E-state index in [1.807, 2.05) is 13.8 Å². The Morgan fingerprint density at radius 3 is 1.50 bits per heavy atom. The number of nitrogens with one attached hydrogen (secondary N) is 2. The average molecular weight is 1030 g/mol. The van der Waals surface area contributed by atoms with Crippen LogP contribution < -0.4 is 16.4 Å². The number of nitrogens with two attached hydrogens (primary N) is 1. The van der Waals surface area contributed by atoms with Crippen molar-refractivity contribution in [1.82, 2.24) is 10.6 Å². The van der Waals surface area contributed by atoms with Gasteiger partial charge >= 0.3 is 11.9 Å². The molecule has 0 saturated heterocycles. The number of carbonyl (C=O) groups excluding carboxylic acids is 7. The number of hydrogen-bond donors (Lipinski definition) is 5. The van der Waals surface area contributed by atoms with Gasteiger partial charge in [-0.1, -0.05) is 90.4 Å². The van der Waals surface area contributed by atoms with Gasteiger partial charge in [0.1, 0.15) is 36.3 Å². The first-order chi connectivity index (χ1) is 34.3. The van der Waals surface area contributed by atoms with E-state index in [1.54, 1.807) is 13.8 Å². The molecule has 0 aromatic rings. The van der Waals surface area contributed by atoms with Crippen LogP contribution >= 0.6 is 0 Å². The summed E-state index contributed by atoms with van der Waals surface area (Å²) in [5.74, 6) is -3.64. The minimum Gasteiger partial charge on any atom is -0.481 e. The lowest BCUT2D eigenvalue weighted by Gasteiger charge is -2.21. The lowest BCUT2D eigenvalue weighted by Crippen LogP contribution is -2.43. The lowest BCUT2D eigenvalue weighted by atomic mass is 9.85. The van der Waals surface area contributed by atoms with E-state index in [-0.39, 0.29) is 110 Å². The molecule has 0 aliphatic carbocycles. The second kappa shape index (κ2) is 48.0. The van der Waals surface area contributed by atoms with E-state index in [4.69, 9.17) is 29.8 Å². The van der Waals surface area contributed by atoms with E-state index < -0.39 is 29.3 Å². The molecule has 0 saturated carbocycles. The van der Waals surface area contributed by atoms with E-state index in [2.05, 4.69) is 10.6 Å². The first-order valence-electron chi connectivity index (χ1n) is 27.0. The van der Waals surface area contributed by atoms with E-state index in [0.29, 0.717) is 78.0 Å². The van der Waals surface area contributed by atoms with Crippen molar-refractivity contribution in [2.45, 2.75) is 214 Å². The van der Waals surface area contributed by atoms with Gasteiger partial charge in [0.2, 0.25) is 11.8 Å². The zero-order chi connectivity index (χ0) is 54.3. The van der Waals surface area contributed by atoms with Crippen LogP contribution in [0.1, 0.15) is 212 Å². The predicted octanol–water partition coefficient (Wildman–Crippen LogP) is 8.59. The maximum atomic E-state index is 12.5.